The number of nitrogens with one attached hydrogen (secondary N) is 2. The van der Waals surface area contributed by atoms with Gasteiger partial charge in [0.15, 0.2) is 22.7 Å². The van der Waals surface area contributed by atoms with Crippen LogP contribution < -0.4 is 25.5 Å². The molecule has 0 unspecified atom stereocenters. The third-order valence-corrected chi connectivity index (χ3v) is 9.45. The Morgan fingerprint density at radius 3 is 2.34 bits per heavy atom. The van der Waals surface area contributed by atoms with Gasteiger partial charge in [-0.3, -0.25) is 28.9 Å². The van der Waals surface area contributed by atoms with Gasteiger partial charge in [-0.25, -0.2) is 0 Å². The van der Waals surface area contributed by atoms with Crippen LogP contribution in [-0.2, 0) is 26.6 Å². The number of rotatable bonds is 13. The van der Waals surface area contributed by atoms with Crippen molar-refractivity contribution in [3.63, 3.8) is 0 Å². The SMILES string of the molecule is COc1cc(NC(=O)c2cc(=O)c3cc(C)ccc3o2)c(C(=O)Nc2ccc(CCN(Cc3cncc(O)c3)Cc3ccc4c(cnn4C)c3)cc2)cc1OC. The summed E-state index contributed by atoms with van der Waals surface area (Å²) in [7, 11) is 4.81. The van der Waals surface area contributed by atoms with Gasteiger partial charge in [-0.05, 0) is 78.6 Å². The first-order valence-electron chi connectivity index (χ1n) is 17.8. The predicted octanol–water partition coefficient (Wildman–Crippen LogP) is 6.86. The molecule has 0 radical (unpaired) electrons. The van der Waals surface area contributed by atoms with Gasteiger partial charge >= 0.3 is 0 Å². The summed E-state index contributed by atoms with van der Waals surface area (Å²) in [6.45, 7) is 3.82. The summed E-state index contributed by atoms with van der Waals surface area (Å²) in [6, 6.07) is 24.8. The van der Waals surface area contributed by atoms with Gasteiger partial charge in [-0.1, -0.05) is 29.8 Å². The monoisotopic (exact) mass is 752 g/mol. The van der Waals surface area contributed by atoms with E-state index in [0.717, 1.165) is 39.2 Å². The minimum absolute atomic E-state index is 0.0976. The van der Waals surface area contributed by atoms with Gasteiger partial charge in [0.25, 0.3) is 11.8 Å². The topological polar surface area (TPSA) is 161 Å². The Bertz CT molecular complexity index is 2630. The van der Waals surface area contributed by atoms with E-state index >= 15 is 0 Å². The van der Waals surface area contributed by atoms with Gasteiger partial charge in [-0.15, -0.1) is 0 Å². The zero-order valence-electron chi connectivity index (χ0n) is 31.3. The molecule has 0 bridgehead atoms. The summed E-state index contributed by atoms with van der Waals surface area (Å²) in [5, 5.41) is 21.5. The number of benzene rings is 4. The maximum atomic E-state index is 13.8. The summed E-state index contributed by atoms with van der Waals surface area (Å²) < 4.78 is 18.5. The van der Waals surface area contributed by atoms with Crippen LogP contribution in [0.5, 0.6) is 17.2 Å². The average molecular weight is 753 g/mol. The van der Waals surface area contributed by atoms with Crippen molar-refractivity contribution in [3.05, 3.63) is 147 Å². The van der Waals surface area contributed by atoms with Crippen LogP contribution in [0.25, 0.3) is 21.9 Å². The lowest BCUT2D eigenvalue weighted by Gasteiger charge is -2.23. The molecule has 13 nitrogen and oxygen atoms in total. The van der Waals surface area contributed by atoms with Crippen LogP contribution in [0, 0.1) is 6.92 Å². The summed E-state index contributed by atoms with van der Waals surface area (Å²) in [5.41, 5.74) is 5.69. The fourth-order valence-electron chi connectivity index (χ4n) is 6.58. The first-order valence-corrected chi connectivity index (χ1v) is 17.8. The number of hydrogen-bond donors (Lipinski definition) is 3. The molecule has 0 aliphatic rings. The Balaban J connectivity index is 1.06. The van der Waals surface area contributed by atoms with Gasteiger partial charge in [-0.2, -0.15) is 5.10 Å². The van der Waals surface area contributed by atoms with Gasteiger partial charge < -0.3 is 29.6 Å². The van der Waals surface area contributed by atoms with Crippen LogP contribution in [0.1, 0.15) is 43.2 Å². The molecule has 56 heavy (non-hydrogen) atoms. The number of aromatic nitrogens is 3. The minimum Gasteiger partial charge on any atom is -0.506 e. The third-order valence-electron chi connectivity index (χ3n) is 9.45. The number of carbonyl (C=O) groups excluding carboxylic acids is 2. The number of amides is 2. The van der Waals surface area contributed by atoms with Crippen molar-refractivity contribution >= 4 is 45.1 Å². The van der Waals surface area contributed by atoms with E-state index in [0.29, 0.717) is 37.1 Å². The lowest BCUT2D eigenvalue weighted by molar-refractivity contribution is 0.0997. The Morgan fingerprint density at radius 2 is 1.57 bits per heavy atom. The number of methoxy groups -OCH3 is 2. The van der Waals surface area contributed by atoms with Crippen LogP contribution in [0.15, 0.2) is 113 Å². The Morgan fingerprint density at radius 1 is 0.821 bits per heavy atom. The zero-order chi connectivity index (χ0) is 39.3. The molecule has 7 aromatic rings. The molecule has 0 saturated carbocycles. The van der Waals surface area contributed by atoms with Crippen LogP contribution in [0.4, 0.5) is 11.4 Å². The Kier molecular flexibility index (Phi) is 10.8. The number of hydrogen-bond acceptors (Lipinski definition) is 10. The lowest BCUT2D eigenvalue weighted by atomic mass is 10.1. The van der Waals surface area contributed by atoms with E-state index in [1.807, 2.05) is 49.1 Å². The summed E-state index contributed by atoms with van der Waals surface area (Å²) in [4.78, 5) is 46.4. The highest BCUT2D eigenvalue weighted by Gasteiger charge is 2.21. The summed E-state index contributed by atoms with van der Waals surface area (Å²) in [6.07, 6.45) is 5.75. The molecule has 0 aliphatic heterocycles. The second-order valence-corrected chi connectivity index (χ2v) is 13.5. The molecule has 0 aliphatic carbocycles. The van der Waals surface area contributed by atoms with Gasteiger partial charge in [0.2, 0.25) is 0 Å². The van der Waals surface area contributed by atoms with Crippen molar-refractivity contribution in [1.82, 2.24) is 19.7 Å². The van der Waals surface area contributed by atoms with E-state index < -0.39 is 11.8 Å². The van der Waals surface area contributed by atoms with Crippen molar-refractivity contribution in [1.29, 1.82) is 0 Å². The van der Waals surface area contributed by atoms with E-state index in [9.17, 15) is 19.5 Å². The van der Waals surface area contributed by atoms with Crippen molar-refractivity contribution < 1.29 is 28.6 Å². The fraction of sp³-hybridized carbons (Fsp3) is 0.186. The van der Waals surface area contributed by atoms with Gasteiger partial charge in [0, 0.05) is 56.1 Å². The van der Waals surface area contributed by atoms with Crippen molar-refractivity contribution in [2.45, 2.75) is 26.4 Å². The van der Waals surface area contributed by atoms with Crippen molar-refractivity contribution in [2.24, 2.45) is 7.05 Å². The number of anilines is 2. The van der Waals surface area contributed by atoms with E-state index in [2.05, 4.69) is 43.8 Å². The largest absolute Gasteiger partial charge is 0.506 e. The molecular formula is C43H40N6O7. The second-order valence-electron chi connectivity index (χ2n) is 13.5. The number of pyridine rings is 1. The smallest absolute Gasteiger partial charge is 0.291 e. The van der Waals surface area contributed by atoms with Crippen LogP contribution in [0.3, 0.4) is 0 Å². The molecule has 3 aromatic heterocycles. The Labute approximate surface area is 322 Å². The third kappa shape index (κ3) is 8.37. The minimum atomic E-state index is -0.720. The Hall–Kier alpha value is -6.99. The average Bonchev–Trinajstić information content (AvgIpc) is 3.56. The number of ether oxygens (including phenoxy) is 2. The first-order chi connectivity index (χ1) is 27.1. The number of aryl methyl sites for hydroxylation is 2. The molecule has 3 N–H and O–H groups in total. The first kappa shape index (κ1) is 37.3. The van der Waals surface area contributed by atoms with Crippen molar-refractivity contribution in [2.75, 3.05) is 31.4 Å². The van der Waals surface area contributed by atoms with E-state index in [1.165, 1.54) is 32.5 Å². The molecule has 4 aromatic carbocycles. The van der Waals surface area contributed by atoms with Crippen LogP contribution >= 0.6 is 0 Å². The highest BCUT2D eigenvalue weighted by Crippen LogP contribution is 2.34. The molecule has 13 heteroatoms. The molecule has 0 fully saturated rings. The number of nitrogens with zero attached hydrogens (tertiary/aromatic N) is 4. The van der Waals surface area contributed by atoms with Crippen molar-refractivity contribution in [3.8, 4) is 17.2 Å². The molecule has 0 spiro atoms. The van der Waals surface area contributed by atoms with E-state index in [-0.39, 0.29) is 45.3 Å². The standard InChI is InChI=1S/C43H40N6O7/c1-26-5-12-38-34(15-26)37(51)20-41(56-38)43(53)47-35-19-40(55-4)39(54-3)18-33(35)42(52)46-31-9-6-27(7-10-31)13-14-49(25-29-17-32(50)23-44-21-29)24-28-8-11-36-30(16-28)22-45-48(36)2/h5-12,15-23,50H,13-14,24-25H2,1-4H3,(H,46,52)(H,47,53). The van der Waals surface area contributed by atoms with E-state index in [1.54, 1.807) is 30.5 Å². The maximum absolute atomic E-state index is 13.8. The number of carbonyl (C=O) groups is 2. The van der Waals surface area contributed by atoms with E-state index in [4.69, 9.17) is 13.9 Å². The highest BCUT2D eigenvalue weighted by atomic mass is 16.5. The molecule has 3 heterocycles. The quantitative estimate of drug-likeness (QED) is 0.114. The predicted molar refractivity (Wildman–Crippen MR) is 214 cm³/mol. The van der Waals surface area contributed by atoms with Crippen LogP contribution in [0.2, 0.25) is 0 Å². The second kappa shape index (κ2) is 16.2. The zero-order valence-corrected chi connectivity index (χ0v) is 31.3. The molecule has 0 saturated heterocycles. The molecular weight excluding hydrogens is 713 g/mol. The van der Waals surface area contributed by atoms with Gasteiger partial charge in [0.05, 0.1) is 48.8 Å². The fourth-order valence-corrected chi connectivity index (χ4v) is 6.58. The highest BCUT2D eigenvalue weighted by molar-refractivity contribution is 6.12. The van der Waals surface area contributed by atoms with Crippen LogP contribution in [-0.4, -0.2) is 57.3 Å². The maximum Gasteiger partial charge on any atom is 0.291 e. The number of fused-ring (bicyclic) bond motifs is 2. The van der Waals surface area contributed by atoms with Gasteiger partial charge in [0.1, 0.15) is 11.3 Å². The summed E-state index contributed by atoms with van der Waals surface area (Å²) in [5.74, 6) is -0.762. The lowest BCUT2D eigenvalue weighted by Crippen LogP contribution is -2.25. The summed E-state index contributed by atoms with van der Waals surface area (Å²) >= 11 is 0. The normalized spacial score (nSPS) is 11.2. The molecule has 2 amide bonds. The molecule has 284 valence electrons. The number of aromatic hydroxyl groups is 1. The molecule has 7 rings (SSSR count). The molecule has 0 atom stereocenters.